The molecule has 11 heteroatoms. The van der Waals surface area contributed by atoms with E-state index < -0.39 is 24.0 Å². The number of anilines is 4. The molecule has 0 bridgehead atoms. The highest BCUT2D eigenvalue weighted by atomic mass is 16.5. The van der Waals surface area contributed by atoms with Crippen LogP contribution in [0.4, 0.5) is 23.0 Å². The number of carbonyl (C=O) groups is 3. The van der Waals surface area contributed by atoms with Crippen LogP contribution in [0.3, 0.4) is 0 Å². The maximum absolute atomic E-state index is 12.6. The monoisotopic (exact) mass is 607 g/mol. The number of aryl methyl sites for hydroxylation is 1. The number of carbonyl (C=O) groups excluding carboxylic acids is 3. The first kappa shape index (κ1) is 31.4. The number of hydrogen-bond acceptors (Lipinski definition) is 11. The van der Waals surface area contributed by atoms with E-state index >= 15 is 0 Å². The molecule has 0 radical (unpaired) electrons. The number of benzene rings is 2. The number of pyridine rings is 1. The second kappa shape index (κ2) is 14.7. The van der Waals surface area contributed by atoms with E-state index in [0.717, 1.165) is 55.3 Å². The van der Waals surface area contributed by atoms with Crippen LogP contribution in [0.25, 0.3) is 11.3 Å². The van der Waals surface area contributed by atoms with Gasteiger partial charge in [-0.2, -0.15) is 0 Å². The minimum atomic E-state index is -1.02. The van der Waals surface area contributed by atoms with E-state index in [0.29, 0.717) is 17.2 Å². The van der Waals surface area contributed by atoms with Crippen molar-refractivity contribution >= 4 is 40.5 Å². The summed E-state index contributed by atoms with van der Waals surface area (Å²) in [5, 5.41) is 6.78. The SMILES string of the molecule is CCOC(=O)C(=O)CC(=O)c1cncc(-c2ccnc(Nc3cc(Nc4ccc(CN5CCN(C)CC5)cc4)ccc3C)n2)c1. The van der Waals surface area contributed by atoms with E-state index in [1.165, 1.54) is 11.8 Å². The van der Waals surface area contributed by atoms with Gasteiger partial charge < -0.3 is 20.3 Å². The summed E-state index contributed by atoms with van der Waals surface area (Å²) >= 11 is 0. The lowest BCUT2D eigenvalue weighted by Gasteiger charge is -2.32. The molecule has 5 rings (SSSR count). The van der Waals surface area contributed by atoms with Crippen LogP contribution in [-0.2, 0) is 20.9 Å². The van der Waals surface area contributed by atoms with E-state index in [1.54, 1.807) is 31.5 Å². The fourth-order valence-corrected chi connectivity index (χ4v) is 4.92. The molecular formula is C34H37N7O4. The molecule has 4 aromatic rings. The number of hydrogen-bond donors (Lipinski definition) is 2. The summed E-state index contributed by atoms with van der Waals surface area (Å²) in [5.41, 5.74) is 6.35. The van der Waals surface area contributed by atoms with Crippen LogP contribution in [-0.4, -0.2) is 82.1 Å². The van der Waals surface area contributed by atoms with Crippen LogP contribution >= 0.6 is 0 Å². The minimum Gasteiger partial charge on any atom is -0.460 e. The van der Waals surface area contributed by atoms with Gasteiger partial charge in [-0.1, -0.05) is 18.2 Å². The van der Waals surface area contributed by atoms with Crippen LogP contribution in [0.2, 0.25) is 0 Å². The molecule has 1 aliphatic heterocycles. The minimum absolute atomic E-state index is 0.0611. The molecule has 0 amide bonds. The van der Waals surface area contributed by atoms with Gasteiger partial charge in [-0.05, 0) is 68.4 Å². The van der Waals surface area contributed by atoms with Crippen molar-refractivity contribution in [2.75, 3.05) is 50.5 Å². The third-order valence-corrected chi connectivity index (χ3v) is 7.56. The largest absolute Gasteiger partial charge is 0.460 e. The van der Waals surface area contributed by atoms with Gasteiger partial charge in [0.15, 0.2) is 5.78 Å². The smallest absolute Gasteiger partial charge is 0.375 e. The number of likely N-dealkylation sites (N-methyl/N-ethyl adjacent to an activating group) is 1. The van der Waals surface area contributed by atoms with Crippen LogP contribution in [0.15, 0.2) is 73.2 Å². The molecule has 0 unspecified atom stereocenters. The number of esters is 1. The van der Waals surface area contributed by atoms with E-state index in [1.807, 2.05) is 25.1 Å². The van der Waals surface area contributed by atoms with E-state index in [-0.39, 0.29) is 12.2 Å². The summed E-state index contributed by atoms with van der Waals surface area (Å²) in [6, 6.07) is 17.9. The van der Waals surface area contributed by atoms with Crippen molar-refractivity contribution in [2.24, 2.45) is 0 Å². The van der Waals surface area contributed by atoms with Gasteiger partial charge in [-0.25, -0.2) is 14.8 Å². The van der Waals surface area contributed by atoms with E-state index in [2.05, 4.69) is 71.4 Å². The third kappa shape index (κ3) is 8.55. The number of rotatable bonds is 12. The fraction of sp³-hybridized carbons (Fsp3) is 0.294. The second-order valence-electron chi connectivity index (χ2n) is 11.0. The third-order valence-electron chi connectivity index (χ3n) is 7.56. The standard InChI is InChI=1S/C34H37N7O4/c1-4-45-33(44)32(43)19-31(42)26-17-25(20-35-21-26)29-11-12-36-34(38-29)39-30-18-28(8-5-23(30)2)37-27-9-6-24(7-10-27)22-41-15-13-40(3)14-16-41/h5-12,17-18,20-21,37H,4,13-16,19,22H2,1-3H3,(H,36,38,39). The Balaban J connectivity index is 1.24. The van der Waals surface area contributed by atoms with Gasteiger partial charge in [0, 0.05) is 79.5 Å². The normalized spacial score (nSPS) is 13.7. The quantitative estimate of drug-likeness (QED) is 0.0998. The molecule has 1 aliphatic rings. The number of Topliss-reactive ketones (excluding diaryl/α,β-unsaturated/α-hetero) is 2. The molecule has 0 saturated carbocycles. The van der Waals surface area contributed by atoms with Crippen molar-refractivity contribution in [3.05, 3.63) is 89.9 Å². The molecule has 232 valence electrons. The van der Waals surface area contributed by atoms with E-state index in [4.69, 9.17) is 0 Å². The molecule has 2 N–H and O–H groups in total. The Morgan fingerprint density at radius 1 is 0.911 bits per heavy atom. The summed E-state index contributed by atoms with van der Waals surface area (Å²) in [5.74, 6) is -2.08. The second-order valence-corrected chi connectivity index (χ2v) is 11.0. The Morgan fingerprint density at radius 3 is 2.42 bits per heavy atom. The Morgan fingerprint density at radius 2 is 1.67 bits per heavy atom. The number of nitrogens with zero attached hydrogens (tertiary/aromatic N) is 5. The van der Waals surface area contributed by atoms with Crippen LogP contribution < -0.4 is 10.6 Å². The molecule has 45 heavy (non-hydrogen) atoms. The average molecular weight is 608 g/mol. The summed E-state index contributed by atoms with van der Waals surface area (Å²) in [4.78, 5) is 54.3. The molecule has 1 fully saturated rings. The van der Waals surface area contributed by atoms with E-state index in [9.17, 15) is 14.4 Å². The van der Waals surface area contributed by atoms with Crippen molar-refractivity contribution in [3.8, 4) is 11.3 Å². The highest BCUT2D eigenvalue weighted by Crippen LogP contribution is 2.27. The van der Waals surface area contributed by atoms with Crippen LogP contribution in [0, 0.1) is 6.92 Å². The maximum Gasteiger partial charge on any atom is 0.375 e. The summed E-state index contributed by atoms with van der Waals surface area (Å²) < 4.78 is 4.68. The van der Waals surface area contributed by atoms with Gasteiger partial charge >= 0.3 is 5.97 Å². The molecule has 0 atom stereocenters. The highest BCUT2D eigenvalue weighted by molar-refractivity contribution is 6.38. The Kier molecular flexibility index (Phi) is 10.2. The lowest BCUT2D eigenvalue weighted by Crippen LogP contribution is -2.43. The number of piperazine rings is 1. The van der Waals surface area contributed by atoms with Crippen molar-refractivity contribution in [1.29, 1.82) is 0 Å². The number of nitrogens with one attached hydrogen (secondary N) is 2. The lowest BCUT2D eigenvalue weighted by atomic mass is 10.0. The summed E-state index contributed by atoms with van der Waals surface area (Å²) in [6.07, 6.45) is 3.95. The molecule has 0 spiro atoms. The predicted octanol–water partition coefficient (Wildman–Crippen LogP) is 4.79. The maximum atomic E-state index is 12.6. The van der Waals surface area contributed by atoms with Gasteiger partial charge in [-0.15, -0.1) is 0 Å². The predicted molar refractivity (Wildman–Crippen MR) is 173 cm³/mol. The first-order chi connectivity index (χ1) is 21.8. The molecule has 3 heterocycles. The first-order valence-corrected chi connectivity index (χ1v) is 14.9. The molecular weight excluding hydrogens is 570 g/mol. The Hall–Kier alpha value is -5.00. The van der Waals surface area contributed by atoms with Crippen molar-refractivity contribution in [1.82, 2.24) is 24.8 Å². The van der Waals surface area contributed by atoms with Gasteiger partial charge in [0.1, 0.15) is 0 Å². The zero-order valence-corrected chi connectivity index (χ0v) is 25.7. The number of aromatic nitrogens is 3. The fourth-order valence-electron chi connectivity index (χ4n) is 4.92. The van der Waals surface area contributed by atoms with Crippen molar-refractivity contribution in [2.45, 2.75) is 26.8 Å². The van der Waals surface area contributed by atoms with Gasteiger partial charge in [-0.3, -0.25) is 19.5 Å². The zero-order chi connectivity index (χ0) is 31.8. The summed E-state index contributed by atoms with van der Waals surface area (Å²) in [7, 11) is 2.17. The number of ketones is 2. The Bertz CT molecular complexity index is 1670. The van der Waals surface area contributed by atoms with Gasteiger partial charge in [0.25, 0.3) is 0 Å². The average Bonchev–Trinajstić information content (AvgIpc) is 3.05. The zero-order valence-electron chi connectivity index (χ0n) is 25.7. The Labute approximate surface area is 262 Å². The molecule has 1 saturated heterocycles. The number of ether oxygens (including phenoxy) is 1. The van der Waals surface area contributed by atoms with Gasteiger partial charge in [0.2, 0.25) is 11.7 Å². The van der Waals surface area contributed by atoms with Gasteiger partial charge in [0.05, 0.1) is 18.7 Å². The molecule has 2 aromatic heterocycles. The highest BCUT2D eigenvalue weighted by Gasteiger charge is 2.21. The van der Waals surface area contributed by atoms with Crippen LogP contribution in [0.5, 0.6) is 0 Å². The molecule has 11 nitrogen and oxygen atoms in total. The van der Waals surface area contributed by atoms with Crippen LogP contribution in [0.1, 0.15) is 34.8 Å². The van der Waals surface area contributed by atoms with Crippen molar-refractivity contribution < 1.29 is 19.1 Å². The van der Waals surface area contributed by atoms with Crippen molar-refractivity contribution in [3.63, 3.8) is 0 Å². The molecule has 0 aliphatic carbocycles. The molecule has 2 aromatic carbocycles. The topological polar surface area (TPSA) is 130 Å². The lowest BCUT2D eigenvalue weighted by molar-refractivity contribution is -0.153. The first-order valence-electron chi connectivity index (χ1n) is 14.9. The summed E-state index contributed by atoms with van der Waals surface area (Å²) in [6.45, 7) is 9.00.